The Bertz CT molecular complexity index is 2740. The molecule has 10 rings (SSSR count). The molecule has 0 bridgehead atoms. The van der Waals surface area contributed by atoms with Crippen LogP contribution in [-0.2, 0) is 0 Å². The first-order chi connectivity index (χ1) is 22.3. The Morgan fingerprint density at radius 2 is 0.844 bits per heavy atom. The molecule has 3 heteroatoms. The molecule has 0 amide bonds. The van der Waals surface area contributed by atoms with E-state index in [1.54, 1.807) is 0 Å². The summed E-state index contributed by atoms with van der Waals surface area (Å²) in [4.78, 5) is 0. The van der Waals surface area contributed by atoms with E-state index in [9.17, 15) is 0 Å². The van der Waals surface area contributed by atoms with Gasteiger partial charge in [0.25, 0.3) is 0 Å². The largest absolute Gasteiger partial charge is 0.456 e. The Hall–Kier alpha value is -6.06. The average Bonchev–Trinajstić information content (AvgIpc) is 3.76. The van der Waals surface area contributed by atoms with Crippen molar-refractivity contribution in [2.24, 2.45) is 0 Å². The summed E-state index contributed by atoms with van der Waals surface area (Å²) in [6.45, 7) is 0. The molecule has 0 spiro atoms. The fourth-order valence-corrected chi connectivity index (χ4v) is 7.36. The Kier molecular flexibility index (Phi) is 5.00. The molecule has 45 heavy (non-hydrogen) atoms. The highest BCUT2D eigenvalue weighted by Crippen LogP contribution is 2.42. The first-order valence-corrected chi connectivity index (χ1v) is 15.4. The fraction of sp³-hybridized carbons (Fsp3) is 0. The standard InChI is InChI=1S/C42H26N2O/c1-2-10-29(11-3-1)43-35-15-7-4-13-32(35)41-37(43)23-24-38-42(41)33-14-5-8-16-36(33)44(38)30-21-18-27(19-22-30)28-20-25-40-34(26-28)31-12-6-9-17-39(31)45-40/h1-26H. The lowest BCUT2D eigenvalue weighted by atomic mass is 10.0. The molecular weight excluding hydrogens is 548 g/mol. The van der Waals surface area contributed by atoms with Crippen LogP contribution in [0.3, 0.4) is 0 Å². The van der Waals surface area contributed by atoms with Gasteiger partial charge in [0.2, 0.25) is 0 Å². The van der Waals surface area contributed by atoms with Crippen LogP contribution in [0.1, 0.15) is 0 Å². The molecule has 10 aromatic rings. The number of para-hydroxylation sites is 4. The van der Waals surface area contributed by atoms with Gasteiger partial charge in [-0.05, 0) is 77.9 Å². The van der Waals surface area contributed by atoms with Crippen LogP contribution >= 0.6 is 0 Å². The summed E-state index contributed by atoms with van der Waals surface area (Å²) in [7, 11) is 0. The molecule has 0 aliphatic heterocycles. The van der Waals surface area contributed by atoms with Gasteiger partial charge >= 0.3 is 0 Å². The van der Waals surface area contributed by atoms with Crippen molar-refractivity contribution >= 4 is 65.6 Å². The zero-order chi connectivity index (χ0) is 29.5. The first-order valence-electron chi connectivity index (χ1n) is 15.4. The zero-order valence-electron chi connectivity index (χ0n) is 24.3. The highest BCUT2D eigenvalue weighted by atomic mass is 16.3. The molecule has 0 aliphatic carbocycles. The number of furan rings is 1. The molecule has 0 unspecified atom stereocenters. The normalized spacial score (nSPS) is 12.0. The van der Waals surface area contributed by atoms with Crippen molar-refractivity contribution in [2.45, 2.75) is 0 Å². The predicted molar refractivity (Wildman–Crippen MR) is 188 cm³/mol. The average molecular weight is 575 g/mol. The molecule has 0 radical (unpaired) electrons. The van der Waals surface area contributed by atoms with Gasteiger partial charge in [-0.25, -0.2) is 0 Å². The number of nitrogens with zero attached hydrogens (tertiary/aromatic N) is 2. The van der Waals surface area contributed by atoms with Crippen molar-refractivity contribution in [1.29, 1.82) is 0 Å². The quantitative estimate of drug-likeness (QED) is 0.206. The Labute approximate surface area is 258 Å². The Morgan fingerprint density at radius 3 is 1.51 bits per heavy atom. The van der Waals surface area contributed by atoms with Gasteiger partial charge in [0.1, 0.15) is 11.2 Å². The SMILES string of the molecule is c1ccc(-n2c3ccccc3c3c4c5ccccc5n(-c5ccc(-c6ccc7oc8ccccc8c7c6)cc5)c4ccc32)cc1. The van der Waals surface area contributed by atoms with Gasteiger partial charge in [-0.3, -0.25) is 0 Å². The van der Waals surface area contributed by atoms with E-state index in [0.717, 1.165) is 27.6 Å². The summed E-state index contributed by atoms with van der Waals surface area (Å²) in [5.74, 6) is 0. The summed E-state index contributed by atoms with van der Waals surface area (Å²) in [5, 5.41) is 7.40. The molecule has 0 saturated heterocycles. The highest BCUT2D eigenvalue weighted by Gasteiger charge is 2.20. The maximum atomic E-state index is 6.07. The third-order valence-corrected chi connectivity index (χ3v) is 9.32. The van der Waals surface area contributed by atoms with E-state index in [1.165, 1.54) is 60.4 Å². The molecule has 210 valence electrons. The van der Waals surface area contributed by atoms with Gasteiger partial charge in [0.05, 0.1) is 22.1 Å². The molecule has 0 N–H and O–H groups in total. The van der Waals surface area contributed by atoms with E-state index in [0.29, 0.717) is 0 Å². The number of hydrogen-bond donors (Lipinski definition) is 0. The second-order valence-corrected chi connectivity index (χ2v) is 11.8. The topological polar surface area (TPSA) is 23.0 Å². The van der Waals surface area contributed by atoms with E-state index >= 15 is 0 Å². The molecule has 7 aromatic carbocycles. The second-order valence-electron chi connectivity index (χ2n) is 11.8. The van der Waals surface area contributed by atoms with Gasteiger partial charge in [0.15, 0.2) is 0 Å². The lowest BCUT2D eigenvalue weighted by Gasteiger charge is -2.10. The van der Waals surface area contributed by atoms with E-state index < -0.39 is 0 Å². The molecule has 0 aliphatic rings. The second kappa shape index (κ2) is 9.22. The van der Waals surface area contributed by atoms with Crippen LogP contribution in [0.2, 0.25) is 0 Å². The Balaban J connectivity index is 1.19. The fourth-order valence-electron chi connectivity index (χ4n) is 7.36. The third kappa shape index (κ3) is 3.46. The van der Waals surface area contributed by atoms with Crippen molar-refractivity contribution in [1.82, 2.24) is 9.13 Å². The van der Waals surface area contributed by atoms with Gasteiger partial charge < -0.3 is 13.6 Å². The van der Waals surface area contributed by atoms with Crippen molar-refractivity contribution in [3.63, 3.8) is 0 Å². The maximum absolute atomic E-state index is 6.07. The van der Waals surface area contributed by atoms with Crippen molar-refractivity contribution in [3.8, 4) is 22.5 Å². The minimum absolute atomic E-state index is 0.918. The van der Waals surface area contributed by atoms with Crippen LogP contribution in [-0.4, -0.2) is 9.13 Å². The molecule has 3 heterocycles. The molecule has 0 fully saturated rings. The summed E-state index contributed by atoms with van der Waals surface area (Å²) in [5.41, 5.74) is 11.4. The van der Waals surface area contributed by atoms with E-state index in [4.69, 9.17) is 4.42 Å². The molecule has 3 nitrogen and oxygen atoms in total. The van der Waals surface area contributed by atoms with Crippen molar-refractivity contribution < 1.29 is 4.42 Å². The molecule has 0 saturated carbocycles. The van der Waals surface area contributed by atoms with E-state index in [1.807, 2.05) is 12.1 Å². The molecule has 3 aromatic heterocycles. The van der Waals surface area contributed by atoms with Gasteiger partial charge in [-0.1, -0.05) is 91.0 Å². The minimum Gasteiger partial charge on any atom is -0.456 e. The minimum atomic E-state index is 0.918. The lowest BCUT2D eigenvalue weighted by Crippen LogP contribution is -1.94. The smallest absolute Gasteiger partial charge is 0.135 e. The lowest BCUT2D eigenvalue weighted by molar-refractivity contribution is 0.669. The van der Waals surface area contributed by atoms with Crippen molar-refractivity contribution in [3.05, 3.63) is 158 Å². The predicted octanol–water partition coefficient (Wildman–Crippen LogP) is 11.4. The van der Waals surface area contributed by atoms with Crippen LogP contribution in [0.25, 0.3) is 88.1 Å². The number of hydrogen-bond acceptors (Lipinski definition) is 1. The monoisotopic (exact) mass is 574 g/mol. The Morgan fingerprint density at radius 1 is 0.333 bits per heavy atom. The molecule has 0 atom stereocenters. The summed E-state index contributed by atoms with van der Waals surface area (Å²) < 4.78 is 10.9. The first kappa shape index (κ1) is 24.4. The van der Waals surface area contributed by atoms with E-state index in [2.05, 4.69) is 155 Å². The van der Waals surface area contributed by atoms with E-state index in [-0.39, 0.29) is 0 Å². The zero-order valence-corrected chi connectivity index (χ0v) is 24.3. The van der Waals surface area contributed by atoms with Crippen LogP contribution < -0.4 is 0 Å². The third-order valence-electron chi connectivity index (χ3n) is 9.32. The van der Waals surface area contributed by atoms with Gasteiger partial charge in [0, 0.05) is 43.7 Å². The van der Waals surface area contributed by atoms with Crippen LogP contribution in [0.4, 0.5) is 0 Å². The summed E-state index contributed by atoms with van der Waals surface area (Å²) >= 11 is 0. The van der Waals surface area contributed by atoms with Crippen LogP contribution in [0.5, 0.6) is 0 Å². The van der Waals surface area contributed by atoms with Crippen LogP contribution in [0.15, 0.2) is 162 Å². The van der Waals surface area contributed by atoms with Crippen LogP contribution in [0, 0.1) is 0 Å². The number of aromatic nitrogens is 2. The van der Waals surface area contributed by atoms with Crippen molar-refractivity contribution in [2.75, 3.05) is 0 Å². The number of fused-ring (bicyclic) bond motifs is 10. The number of benzene rings is 7. The maximum Gasteiger partial charge on any atom is 0.135 e. The summed E-state index contributed by atoms with van der Waals surface area (Å²) in [6.07, 6.45) is 0. The number of rotatable bonds is 3. The highest BCUT2D eigenvalue weighted by molar-refractivity contribution is 6.28. The molecular formula is C42H26N2O. The van der Waals surface area contributed by atoms with Gasteiger partial charge in [-0.2, -0.15) is 0 Å². The summed E-state index contributed by atoms with van der Waals surface area (Å²) in [6, 6.07) is 56.5. The van der Waals surface area contributed by atoms with Gasteiger partial charge in [-0.15, -0.1) is 0 Å².